The average Bonchev–Trinajstić information content (AvgIpc) is 4.17. The molecule has 0 aliphatic heterocycles. The fourth-order valence-electron chi connectivity index (χ4n) is 15.0. The monoisotopic (exact) mass is 1020 g/mol. The third kappa shape index (κ3) is 6.03. The molecule has 2 heteroatoms. The largest absolute Gasteiger partial charge is 0.310 e. The number of hydrogen-bond donors (Lipinski definition) is 0. The van der Waals surface area contributed by atoms with Gasteiger partial charge in [-0.25, -0.2) is 0 Å². The van der Waals surface area contributed by atoms with Crippen LogP contribution in [0.1, 0.15) is 47.2 Å². The van der Waals surface area contributed by atoms with Gasteiger partial charge in [-0.3, -0.25) is 0 Å². The molecule has 13 aromatic carbocycles. The zero-order valence-electron chi connectivity index (χ0n) is 44.5. The van der Waals surface area contributed by atoms with Gasteiger partial charge in [0.1, 0.15) is 0 Å². The fourth-order valence-corrected chi connectivity index (χ4v) is 15.0. The lowest BCUT2D eigenvalue weighted by Gasteiger charge is -2.30. The van der Waals surface area contributed by atoms with Crippen LogP contribution in [0, 0.1) is 0 Å². The Morgan fingerprint density at radius 1 is 0.312 bits per heavy atom. The van der Waals surface area contributed by atoms with Crippen molar-refractivity contribution in [3.05, 3.63) is 312 Å². The zero-order valence-corrected chi connectivity index (χ0v) is 44.5. The SMILES string of the molecule is CC1(C)c2ccccc2-c2ccc(N(c3ccc4c5c6ccccc6c6ccccc6c5n(-c5ccc(-c6cccc7c6-c6ccccc6C76c7ccccc7-c7ccccc76)cc5)c4c3)c3ccccc3-c3ccccc3)cc21. The molecule has 1 aromatic heterocycles. The highest BCUT2D eigenvalue weighted by molar-refractivity contribution is 6.32. The second-order valence-corrected chi connectivity index (χ2v) is 22.6. The molecular formula is C78H52N2. The summed E-state index contributed by atoms with van der Waals surface area (Å²) in [6, 6.07) is 105. The molecule has 3 aliphatic rings. The molecule has 0 fully saturated rings. The number of anilines is 3. The van der Waals surface area contributed by atoms with E-state index in [0.29, 0.717) is 0 Å². The minimum absolute atomic E-state index is 0.171. The number of fused-ring (bicyclic) bond motifs is 21. The minimum Gasteiger partial charge on any atom is -0.310 e. The first-order valence-corrected chi connectivity index (χ1v) is 28.1. The number of rotatable bonds is 6. The van der Waals surface area contributed by atoms with Crippen LogP contribution in [-0.2, 0) is 10.8 Å². The molecule has 1 heterocycles. The second-order valence-electron chi connectivity index (χ2n) is 22.6. The fraction of sp³-hybridized carbons (Fsp3) is 0.0513. The van der Waals surface area contributed by atoms with Gasteiger partial charge in [0, 0.05) is 44.2 Å². The predicted molar refractivity (Wildman–Crippen MR) is 335 cm³/mol. The van der Waals surface area contributed by atoms with Crippen molar-refractivity contribution in [1.29, 1.82) is 0 Å². The van der Waals surface area contributed by atoms with Crippen LogP contribution in [0.2, 0.25) is 0 Å². The second kappa shape index (κ2) is 16.7. The van der Waals surface area contributed by atoms with Crippen LogP contribution < -0.4 is 4.90 Å². The van der Waals surface area contributed by atoms with Gasteiger partial charge in [0.15, 0.2) is 0 Å². The van der Waals surface area contributed by atoms with Crippen LogP contribution in [0.3, 0.4) is 0 Å². The van der Waals surface area contributed by atoms with Gasteiger partial charge in [-0.05, 0) is 142 Å². The highest BCUT2D eigenvalue weighted by Crippen LogP contribution is 2.64. The van der Waals surface area contributed by atoms with E-state index < -0.39 is 5.41 Å². The smallest absolute Gasteiger partial charge is 0.0725 e. The molecule has 0 unspecified atom stereocenters. The normalized spacial score (nSPS) is 13.8. The van der Waals surface area contributed by atoms with Crippen LogP contribution in [0.25, 0.3) is 105 Å². The van der Waals surface area contributed by atoms with Crippen LogP contribution in [0.15, 0.2) is 279 Å². The molecule has 0 atom stereocenters. The van der Waals surface area contributed by atoms with E-state index in [1.54, 1.807) is 0 Å². The standard InChI is InChI=1S/C78H52N2/c1-77(2)66-33-15-10-26-58(66)61-45-43-52(47-71(61)77)79(72-38-19-14-23-54(72)49-21-4-3-5-22-49)53-44-46-65-73(48-53)80(76-63-30-9-7-25-57(63)56-24-6-8-29-62(56)75(65)76)51-41-39-50(40-42-51)55-32-20-37-70-74(55)64-31-13-18-36-69(64)78(70)67-34-16-11-27-59(67)60-28-12-17-35-68(60)78/h3-48H,1-2H3. The Morgan fingerprint density at radius 2 is 0.800 bits per heavy atom. The van der Waals surface area contributed by atoms with Crippen LogP contribution in [0.4, 0.5) is 17.1 Å². The summed E-state index contributed by atoms with van der Waals surface area (Å²) in [4.78, 5) is 2.50. The van der Waals surface area contributed by atoms with E-state index >= 15 is 0 Å². The van der Waals surface area contributed by atoms with Crippen molar-refractivity contribution in [2.75, 3.05) is 4.90 Å². The molecule has 0 amide bonds. The minimum atomic E-state index is -0.407. The first-order valence-electron chi connectivity index (χ1n) is 28.1. The van der Waals surface area contributed by atoms with E-state index in [2.05, 4.69) is 302 Å². The summed E-state index contributed by atoms with van der Waals surface area (Å²) in [5.74, 6) is 0. The molecule has 0 bridgehead atoms. The van der Waals surface area contributed by atoms with Crippen molar-refractivity contribution < 1.29 is 0 Å². The summed E-state index contributed by atoms with van der Waals surface area (Å²) in [5, 5.41) is 7.48. The van der Waals surface area contributed by atoms with E-state index in [0.717, 1.165) is 28.3 Å². The van der Waals surface area contributed by atoms with Crippen molar-refractivity contribution in [2.45, 2.75) is 24.7 Å². The number of para-hydroxylation sites is 1. The Morgan fingerprint density at radius 3 is 1.51 bits per heavy atom. The summed E-state index contributed by atoms with van der Waals surface area (Å²) < 4.78 is 2.56. The predicted octanol–water partition coefficient (Wildman–Crippen LogP) is 20.5. The maximum atomic E-state index is 2.56. The van der Waals surface area contributed by atoms with Crippen molar-refractivity contribution in [1.82, 2.24) is 4.57 Å². The maximum Gasteiger partial charge on any atom is 0.0725 e. The van der Waals surface area contributed by atoms with Gasteiger partial charge in [-0.2, -0.15) is 0 Å². The summed E-state index contributed by atoms with van der Waals surface area (Å²) in [7, 11) is 0. The van der Waals surface area contributed by atoms with Crippen LogP contribution in [-0.4, -0.2) is 4.57 Å². The highest BCUT2D eigenvalue weighted by Gasteiger charge is 2.52. The molecule has 80 heavy (non-hydrogen) atoms. The highest BCUT2D eigenvalue weighted by atomic mass is 15.1. The van der Waals surface area contributed by atoms with E-state index in [1.807, 2.05) is 0 Å². The average molecular weight is 1020 g/mol. The Balaban J connectivity index is 0.901. The third-order valence-corrected chi connectivity index (χ3v) is 18.4. The summed E-state index contributed by atoms with van der Waals surface area (Å²) in [5.41, 5.74) is 27.0. The molecule has 0 saturated heterocycles. The lowest BCUT2D eigenvalue weighted by atomic mass is 9.70. The quantitative estimate of drug-likeness (QED) is 0.151. The Bertz CT molecular complexity index is 4870. The van der Waals surface area contributed by atoms with E-state index in [9.17, 15) is 0 Å². The van der Waals surface area contributed by atoms with Crippen molar-refractivity contribution in [3.63, 3.8) is 0 Å². The van der Waals surface area contributed by atoms with Crippen LogP contribution >= 0.6 is 0 Å². The molecule has 14 aromatic rings. The van der Waals surface area contributed by atoms with Gasteiger partial charge in [0.2, 0.25) is 0 Å². The summed E-state index contributed by atoms with van der Waals surface area (Å²) in [6.45, 7) is 4.75. The van der Waals surface area contributed by atoms with Crippen LogP contribution in [0.5, 0.6) is 0 Å². The van der Waals surface area contributed by atoms with E-state index in [4.69, 9.17) is 0 Å². The van der Waals surface area contributed by atoms with Crippen molar-refractivity contribution >= 4 is 60.4 Å². The van der Waals surface area contributed by atoms with Gasteiger partial charge in [-0.15, -0.1) is 0 Å². The molecule has 2 nitrogen and oxygen atoms in total. The van der Waals surface area contributed by atoms with Crippen molar-refractivity contribution in [2.24, 2.45) is 0 Å². The molecule has 17 rings (SSSR count). The number of aromatic nitrogens is 1. The molecule has 1 spiro atoms. The first kappa shape index (κ1) is 45.0. The van der Waals surface area contributed by atoms with Gasteiger partial charge < -0.3 is 9.47 Å². The molecular weight excluding hydrogens is 965 g/mol. The summed E-state index contributed by atoms with van der Waals surface area (Å²) >= 11 is 0. The Labute approximate surface area is 465 Å². The first-order chi connectivity index (χ1) is 39.5. The van der Waals surface area contributed by atoms with Gasteiger partial charge in [0.05, 0.1) is 22.1 Å². The topological polar surface area (TPSA) is 8.17 Å². The van der Waals surface area contributed by atoms with Gasteiger partial charge in [-0.1, -0.05) is 250 Å². The Kier molecular flexibility index (Phi) is 9.43. The van der Waals surface area contributed by atoms with Crippen molar-refractivity contribution in [3.8, 4) is 61.3 Å². The Hall–Kier alpha value is -10.0. The lowest BCUT2D eigenvalue weighted by molar-refractivity contribution is 0.660. The third-order valence-electron chi connectivity index (χ3n) is 18.4. The number of benzene rings is 13. The number of hydrogen-bond acceptors (Lipinski definition) is 1. The van der Waals surface area contributed by atoms with E-state index in [1.165, 1.54) is 127 Å². The molecule has 3 aliphatic carbocycles. The van der Waals surface area contributed by atoms with Gasteiger partial charge >= 0.3 is 0 Å². The lowest BCUT2D eigenvalue weighted by Crippen LogP contribution is -2.25. The van der Waals surface area contributed by atoms with E-state index in [-0.39, 0.29) is 5.41 Å². The zero-order chi connectivity index (χ0) is 52.8. The van der Waals surface area contributed by atoms with Gasteiger partial charge in [0.25, 0.3) is 0 Å². The molecule has 0 N–H and O–H groups in total. The summed E-state index contributed by atoms with van der Waals surface area (Å²) in [6.07, 6.45) is 0. The maximum absolute atomic E-state index is 2.56. The molecule has 0 saturated carbocycles. The molecule has 374 valence electrons. The molecule has 0 radical (unpaired) electrons. The number of nitrogens with zero attached hydrogens (tertiary/aromatic N) is 2.